The molecule has 0 fully saturated rings. The van der Waals surface area contributed by atoms with Gasteiger partial charge in [-0.15, -0.1) is 0 Å². The number of hydrogen-bond acceptors (Lipinski definition) is 3. The van der Waals surface area contributed by atoms with E-state index < -0.39 is 11.7 Å². The molecule has 0 radical (unpaired) electrons. The maximum Gasteiger partial charge on any atom is 0.416 e. The van der Waals surface area contributed by atoms with Crippen LogP contribution in [0.4, 0.5) is 13.2 Å². The first-order valence-electron chi connectivity index (χ1n) is 8.95. The summed E-state index contributed by atoms with van der Waals surface area (Å²) in [5.74, 6) is 5.98. The quantitative estimate of drug-likeness (QED) is 0.570. The van der Waals surface area contributed by atoms with Crippen LogP contribution in [0.2, 0.25) is 5.02 Å². The van der Waals surface area contributed by atoms with E-state index in [1.54, 1.807) is 18.3 Å². The molecule has 0 aliphatic heterocycles. The summed E-state index contributed by atoms with van der Waals surface area (Å²) in [5, 5.41) is 3.21. The Morgan fingerprint density at radius 1 is 1.17 bits per heavy atom. The van der Waals surface area contributed by atoms with Crippen molar-refractivity contribution in [2.45, 2.75) is 19.0 Å². The van der Waals surface area contributed by atoms with E-state index in [0.29, 0.717) is 23.1 Å². The van der Waals surface area contributed by atoms with Crippen molar-refractivity contribution >= 4 is 17.5 Å². The molecule has 0 aliphatic carbocycles. The number of oxazole rings is 1. The van der Waals surface area contributed by atoms with Crippen LogP contribution in [0.5, 0.6) is 0 Å². The molecular weight excluding hydrogens is 417 g/mol. The van der Waals surface area contributed by atoms with Crippen molar-refractivity contribution in [3.8, 4) is 23.2 Å². The summed E-state index contributed by atoms with van der Waals surface area (Å²) in [4.78, 5) is 16.1. The molecule has 0 saturated heterocycles. The van der Waals surface area contributed by atoms with Crippen LogP contribution in [0.15, 0.2) is 59.1 Å². The fourth-order valence-corrected chi connectivity index (χ4v) is 2.67. The monoisotopic (exact) mass is 432 g/mol. The smallest absolute Gasteiger partial charge is 0.416 e. The molecule has 154 valence electrons. The van der Waals surface area contributed by atoms with Crippen LogP contribution in [0.25, 0.3) is 11.3 Å². The number of alkyl halides is 3. The number of nitrogens with zero attached hydrogens (tertiary/aromatic N) is 1. The largest absolute Gasteiger partial charge is 0.441 e. The van der Waals surface area contributed by atoms with Crippen molar-refractivity contribution < 1.29 is 22.4 Å². The number of halogens is 4. The lowest BCUT2D eigenvalue weighted by Crippen LogP contribution is -2.23. The summed E-state index contributed by atoms with van der Waals surface area (Å²) < 4.78 is 43.7. The van der Waals surface area contributed by atoms with E-state index in [2.05, 4.69) is 22.1 Å². The van der Waals surface area contributed by atoms with Crippen LogP contribution in [0.3, 0.4) is 0 Å². The third kappa shape index (κ3) is 6.13. The van der Waals surface area contributed by atoms with Crippen molar-refractivity contribution in [2.24, 2.45) is 0 Å². The zero-order valence-electron chi connectivity index (χ0n) is 15.6. The minimum Gasteiger partial charge on any atom is -0.441 e. The van der Waals surface area contributed by atoms with E-state index in [4.69, 9.17) is 16.0 Å². The van der Waals surface area contributed by atoms with E-state index in [0.717, 1.165) is 17.7 Å². The van der Waals surface area contributed by atoms with Crippen molar-refractivity contribution in [3.05, 3.63) is 76.8 Å². The van der Waals surface area contributed by atoms with Gasteiger partial charge in [-0.2, -0.15) is 13.2 Å². The molecule has 3 rings (SSSR count). The molecule has 4 nitrogen and oxygen atoms in total. The van der Waals surface area contributed by atoms with Gasteiger partial charge in [-0.1, -0.05) is 29.5 Å². The van der Waals surface area contributed by atoms with Gasteiger partial charge in [0.1, 0.15) is 0 Å². The van der Waals surface area contributed by atoms with Crippen molar-refractivity contribution in [1.29, 1.82) is 0 Å². The molecular formula is C22H16ClF3N2O2. The van der Waals surface area contributed by atoms with E-state index in [1.807, 2.05) is 12.1 Å². The molecule has 30 heavy (non-hydrogen) atoms. The van der Waals surface area contributed by atoms with Gasteiger partial charge < -0.3 is 9.73 Å². The SMILES string of the molecule is O=C(CCc1ncc(-c2ccc(Cl)cc2)o1)NCC#Cc1cccc(C(F)(F)F)c1. The van der Waals surface area contributed by atoms with Crippen LogP contribution in [-0.4, -0.2) is 17.4 Å². The second-order valence-electron chi connectivity index (χ2n) is 6.28. The van der Waals surface area contributed by atoms with Gasteiger partial charge in [0.25, 0.3) is 0 Å². The molecule has 0 saturated carbocycles. The molecule has 0 atom stereocenters. The number of benzene rings is 2. The number of aryl methyl sites for hydroxylation is 1. The Hall–Kier alpha value is -3.24. The molecule has 1 N–H and O–H groups in total. The fraction of sp³-hybridized carbons (Fsp3) is 0.182. The van der Waals surface area contributed by atoms with Gasteiger partial charge in [-0.25, -0.2) is 4.98 Å². The second kappa shape index (κ2) is 9.51. The molecule has 1 aromatic heterocycles. The van der Waals surface area contributed by atoms with Gasteiger partial charge in [0.05, 0.1) is 18.3 Å². The highest BCUT2D eigenvalue weighted by molar-refractivity contribution is 6.30. The first kappa shape index (κ1) is 21.5. The van der Waals surface area contributed by atoms with E-state index in [-0.39, 0.29) is 24.4 Å². The molecule has 1 heterocycles. The fourth-order valence-electron chi connectivity index (χ4n) is 2.54. The summed E-state index contributed by atoms with van der Waals surface area (Å²) in [6, 6.07) is 11.8. The predicted molar refractivity (Wildman–Crippen MR) is 107 cm³/mol. The number of carbonyl (C=O) groups is 1. The highest BCUT2D eigenvalue weighted by atomic mass is 35.5. The molecule has 2 aromatic carbocycles. The molecule has 0 spiro atoms. The van der Waals surface area contributed by atoms with Crippen molar-refractivity contribution in [1.82, 2.24) is 10.3 Å². The summed E-state index contributed by atoms with van der Waals surface area (Å²) in [6.45, 7) is 0.0245. The number of amides is 1. The zero-order chi connectivity index (χ0) is 21.6. The average Bonchev–Trinajstić information content (AvgIpc) is 3.19. The normalized spacial score (nSPS) is 10.9. The maximum atomic E-state index is 12.7. The highest BCUT2D eigenvalue weighted by Crippen LogP contribution is 2.29. The van der Waals surface area contributed by atoms with Gasteiger partial charge in [-0.3, -0.25) is 4.79 Å². The molecule has 0 unspecified atom stereocenters. The summed E-state index contributed by atoms with van der Waals surface area (Å²) >= 11 is 5.86. The van der Waals surface area contributed by atoms with Gasteiger partial charge in [0.2, 0.25) is 5.91 Å². The summed E-state index contributed by atoms with van der Waals surface area (Å²) in [6.07, 6.45) is -2.39. The highest BCUT2D eigenvalue weighted by Gasteiger charge is 2.30. The summed E-state index contributed by atoms with van der Waals surface area (Å²) in [7, 11) is 0. The minimum absolute atomic E-state index is 0.0245. The van der Waals surface area contributed by atoms with Crippen LogP contribution in [0.1, 0.15) is 23.4 Å². The van der Waals surface area contributed by atoms with Crippen molar-refractivity contribution in [3.63, 3.8) is 0 Å². The molecule has 8 heteroatoms. The average molecular weight is 433 g/mol. The van der Waals surface area contributed by atoms with Crippen LogP contribution < -0.4 is 5.32 Å². The maximum absolute atomic E-state index is 12.7. The number of carbonyl (C=O) groups excluding carboxylic acids is 1. The zero-order valence-corrected chi connectivity index (χ0v) is 16.3. The lowest BCUT2D eigenvalue weighted by molar-refractivity contribution is -0.137. The number of hydrogen-bond donors (Lipinski definition) is 1. The Morgan fingerprint density at radius 3 is 2.67 bits per heavy atom. The predicted octanol–water partition coefficient (Wildman–Crippen LogP) is 5.11. The van der Waals surface area contributed by atoms with Crippen LogP contribution in [0, 0.1) is 11.8 Å². The van der Waals surface area contributed by atoms with Gasteiger partial charge >= 0.3 is 6.18 Å². The Kier molecular flexibility index (Phi) is 6.80. The van der Waals surface area contributed by atoms with Gasteiger partial charge in [0, 0.05) is 29.0 Å². The molecule has 3 aromatic rings. The van der Waals surface area contributed by atoms with E-state index in [9.17, 15) is 18.0 Å². The molecule has 0 bridgehead atoms. The Balaban J connectivity index is 1.46. The Bertz CT molecular complexity index is 1080. The number of aromatic nitrogens is 1. The first-order valence-corrected chi connectivity index (χ1v) is 9.32. The Labute approximate surface area is 176 Å². The standard InChI is InChI=1S/C22H16ClF3N2O2/c23-18-8-6-16(7-9-18)19-14-28-21(30-19)11-10-20(29)27-12-2-4-15-3-1-5-17(13-15)22(24,25)26/h1,3,5-9,13-14H,10-12H2,(H,27,29). The third-order valence-corrected chi connectivity index (χ3v) is 4.30. The van der Waals surface area contributed by atoms with Crippen LogP contribution in [-0.2, 0) is 17.4 Å². The van der Waals surface area contributed by atoms with Gasteiger partial charge in [0.15, 0.2) is 11.7 Å². The molecule has 1 amide bonds. The number of rotatable bonds is 5. The van der Waals surface area contributed by atoms with Crippen molar-refractivity contribution in [2.75, 3.05) is 6.54 Å². The molecule has 0 aliphatic rings. The second-order valence-corrected chi connectivity index (χ2v) is 6.72. The lowest BCUT2D eigenvalue weighted by Gasteiger charge is -2.05. The lowest BCUT2D eigenvalue weighted by atomic mass is 10.1. The minimum atomic E-state index is -4.42. The summed E-state index contributed by atoms with van der Waals surface area (Å²) in [5.41, 5.74) is 0.295. The number of nitrogens with one attached hydrogen (secondary N) is 1. The van der Waals surface area contributed by atoms with E-state index >= 15 is 0 Å². The Morgan fingerprint density at radius 2 is 1.93 bits per heavy atom. The van der Waals surface area contributed by atoms with Crippen LogP contribution >= 0.6 is 11.6 Å². The topological polar surface area (TPSA) is 55.1 Å². The first-order chi connectivity index (χ1) is 14.3. The van der Waals surface area contributed by atoms with Gasteiger partial charge in [-0.05, 0) is 42.5 Å². The van der Waals surface area contributed by atoms with E-state index in [1.165, 1.54) is 12.1 Å². The third-order valence-electron chi connectivity index (χ3n) is 4.04.